The van der Waals surface area contributed by atoms with Gasteiger partial charge in [0.2, 0.25) is 11.7 Å². The molecule has 8 nitrogen and oxygen atoms in total. The smallest absolute Gasteiger partial charge is 0.225 e. The highest BCUT2D eigenvalue weighted by molar-refractivity contribution is 6.31. The zero-order valence-corrected chi connectivity index (χ0v) is 23.1. The summed E-state index contributed by atoms with van der Waals surface area (Å²) in [7, 11) is 0. The number of amides is 1. The standard InChI is InChI=1S/C28H30Cl2FN7O/c1-2-3-9-20(26(32)39)19-12-11-18(29)15-23(19)38-25(17-10-13-22(31)21(30)14-17)24(27-34-36-37-35-27)33-28(38)16-7-5-4-6-8-16/h10-16,20H,2-9H2,1H3,(H2,32,39)(H,34,35,36,37). The van der Waals surface area contributed by atoms with Crippen LogP contribution in [0, 0.1) is 5.82 Å². The minimum atomic E-state index is -0.531. The summed E-state index contributed by atoms with van der Waals surface area (Å²) >= 11 is 12.8. The van der Waals surface area contributed by atoms with Crippen molar-refractivity contribution in [2.45, 2.75) is 70.1 Å². The van der Waals surface area contributed by atoms with Gasteiger partial charge in [0, 0.05) is 16.5 Å². The number of imidazole rings is 1. The quantitative estimate of drug-likeness (QED) is 0.226. The van der Waals surface area contributed by atoms with Gasteiger partial charge >= 0.3 is 0 Å². The number of unbranched alkanes of at least 4 members (excludes halogenated alkanes) is 1. The average Bonchev–Trinajstić information content (AvgIpc) is 3.60. The first-order valence-electron chi connectivity index (χ1n) is 13.3. The third-order valence-corrected chi connectivity index (χ3v) is 7.95. The van der Waals surface area contributed by atoms with Gasteiger partial charge in [0.25, 0.3) is 0 Å². The molecule has 0 bridgehead atoms. The highest BCUT2D eigenvalue weighted by Gasteiger charge is 2.32. The number of benzene rings is 2. The van der Waals surface area contributed by atoms with E-state index in [-0.39, 0.29) is 10.9 Å². The number of hydrogen-bond acceptors (Lipinski definition) is 5. The maximum atomic E-state index is 14.3. The van der Waals surface area contributed by atoms with E-state index in [1.807, 2.05) is 16.7 Å². The van der Waals surface area contributed by atoms with Crippen molar-refractivity contribution in [1.29, 1.82) is 0 Å². The number of nitrogens with one attached hydrogen (secondary N) is 1. The number of carbonyl (C=O) groups excluding carboxylic acids is 1. The van der Waals surface area contributed by atoms with E-state index in [4.69, 9.17) is 33.9 Å². The molecule has 1 aliphatic carbocycles. The van der Waals surface area contributed by atoms with Crippen molar-refractivity contribution in [3.05, 3.63) is 63.6 Å². The zero-order valence-electron chi connectivity index (χ0n) is 21.6. The molecule has 39 heavy (non-hydrogen) atoms. The maximum Gasteiger partial charge on any atom is 0.225 e. The van der Waals surface area contributed by atoms with Crippen LogP contribution in [0.15, 0.2) is 36.4 Å². The number of halogens is 3. The number of nitrogens with zero attached hydrogens (tertiary/aromatic N) is 5. The molecule has 11 heteroatoms. The number of hydrogen-bond donors (Lipinski definition) is 2. The fourth-order valence-corrected chi connectivity index (χ4v) is 5.86. The van der Waals surface area contributed by atoms with Gasteiger partial charge in [0.05, 0.1) is 22.3 Å². The molecule has 2 aromatic carbocycles. The Kier molecular flexibility index (Phi) is 8.28. The minimum Gasteiger partial charge on any atom is -0.369 e. The van der Waals surface area contributed by atoms with Gasteiger partial charge in [0.15, 0.2) is 0 Å². The SMILES string of the molecule is CCCCC(C(N)=O)c1ccc(Cl)cc1-n1c(C2CCCCC2)nc(-c2nn[nH]n2)c1-c1ccc(F)c(Cl)c1. The topological polar surface area (TPSA) is 115 Å². The number of aromatic nitrogens is 6. The number of rotatable bonds is 9. The third-order valence-electron chi connectivity index (χ3n) is 7.42. The van der Waals surface area contributed by atoms with E-state index in [0.29, 0.717) is 39.9 Å². The molecule has 1 fully saturated rings. The summed E-state index contributed by atoms with van der Waals surface area (Å²) in [6, 6.07) is 10.0. The van der Waals surface area contributed by atoms with Crippen LogP contribution in [-0.2, 0) is 4.79 Å². The molecule has 2 aromatic heterocycles. The van der Waals surface area contributed by atoms with Crippen LogP contribution in [0.1, 0.15) is 81.5 Å². The van der Waals surface area contributed by atoms with Gasteiger partial charge < -0.3 is 5.73 Å². The van der Waals surface area contributed by atoms with Crippen LogP contribution < -0.4 is 5.73 Å². The van der Waals surface area contributed by atoms with E-state index in [2.05, 4.69) is 27.5 Å². The Morgan fingerprint density at radius 1 is 1.18 bits per heavy atom. The van der Waals surface area contributed by atoms with Crippen molar-refractivity contribution in [2.75, 3.05) is 0 Å². The van der Waals surface area contributed by atoms with E-state index in [9.17, 15) is 9.18 Å². The molecule has 0 radical (unpaired) electrons. The van der Waals surface area contributed by atoms with Crippen molar-refractivity contribution >= 4 is 29.1 Å². The van der Waals surface area contributed by atoms with Crippen LogP contribution >= 0.6 is 23.2 Å². The molecular formula is C28H30Cl2FN7O. The van der Waals surface area contributed by atoms with Crippen LogP contribution in [0.4, 0.5) is 4.39 Å². The second-order valence-corrected chi connectivity index (χ2v) is 10.8. The van der Waals surface area contributed by atoms with Gasteiger partial charge in [-0.2, -0.15) is 5.21 Å². The molecule has 5 rings (SSSR count). The lowest BCUT2D eigenvalue weighted by atomic mass is 9.88. The zero-order chi connectivity index (χ0) is 27.5. The van der Waals surface area contributed by atoms with Crippen molar-refractivity contribution in [2.24, 2.45) is 5.73 Å². The first-order chi connectivity index (χ1) is 18.9. The molecule has 0 spiro atoms. The first kappa shape index (κ1) is 27.3. The highest BCUT2D eigenvalue weighted by atomic mass is 35.5. The summed E-state index contributed by atoms with van der Waals surface area (Å²) in [5.41, 5.74) is 9.11. The van der Waals surface area contributed by atoms with Gasteiger partial charge in [-0.25, -0.2) is 9.37 Å². The Morgan fingerprint density at radius 3 is 2.64 bits per heavy atom. The van der Waals surface area contributed by atoms with Crippen LogP contribution in [0.3, 0.4) is 0 Å². The molecular weight excluding hydrogens is 540 g/mol. The Bertz CT molecular complexity index is 1470. The summed E-state index contributed by atoms with van der Waals surface area (Å²) in [5.74, 6) is -0.233. The molecule has 0 saturated heterocycles. The highest BCUT2D eigenvalue weighted by Crippen LogP contribution is 2.43. The lowest BCUT2D eigenvalue weighted by Crippen LogP contribution is -2.23. The lowest BCUT2D eigenvalue weighted by Gasteiger charge is -2.26. The largest absolute Gasteiger partial charge is 0.369 e. The fraction of sp³-hybridized carbons (Fsp3) is 0.393. The van der Waals surface area contributed by atoms with E-state index in [1.165, 1.54) is 12.5 Å². The molecule has 0 aliphatic heterocycles. The van der Waals surface area contributed by atoms with E-state index >= 15 is 0 Å². The monoisotopic (exact) mass is 569 g/mol. The van der Waals surface area contributed by atoms with E-state index in [0.717, 1.165) is 49.9 Å². The molecule has 1 aliphatic rings. The second kappa shape index (κ2) is 11.8. The normalized spacial score (nSPS) is 15.0. The summed E-state index contributed by atoms with van der Waals surface area (Å²) in [4.78, 5) is 17.9. The minimum absolute atomic E-state index is 0.0252. The Hall–Kier alpha value is -3.30. The fourth-order valence-electron chi connectivity index (χ4n) is 5.51. The predicted molar refractivity (Wildman–Crippen MR) is 149 cm³/mol. The number of nitrogens with two attached hydrogens (primary N) is 1. The molecule has 4 aromatic rings. The summed E-state index contributed by atoms with van der Waals surface area (Å²) in [5, 5.41) is 15.2. The second-order valence-electron chi connectivity index (χ2n) is 10.0. The molecule has 1 atom stereocenters. The van der Waals surface area contributed by atoms with Crippen LogP contribution in [0.25, 0.3) is 28.5 Å². The number of aromatic amines is 1. The summed E-state index contributed by atoms with van der Waals surface area (Å²) < 4.78 is 16.3. The molecule has 1 saturated carbocycles. The van der Waals surface area contributed by atoms with Gasteiger partial charge in [-0.3, -0.25) is 9.36 Å². The summed E-state index contributed by atoms with van der Waals surface area (Å²) in [6.07, 6.45) is 7.59. The van der Waals surface area contributed by atoms with Gasteiger partial charge in [-0.15, -0.1) is 10.2 Å². The van der Waals surface area contributed by atoms with Crippen LogP contribution in [0.2, 0.25) is 10.0 Å². The number of H-pyrrole nitrogens is 1. The number of carbonyl (C=O) groups is 1. The van der Waals surface area contributed by atoms with E-state index in [1.54, 1.807) is 18.2 Å². The van der Waals surface area contributed by atoms with Crippen LogP contribution in [0.5, 0.6) is 0 Å². The Balaban J connectivity index is 1.85. The third kappa shape index (κ3) is 5.56. The summed E-state index contributed by atoms with van der Waals surface area (Å²) in [6.45, 7) is 2.07. The molecule has 1 amide bonds. The maximum absolute atomic E-state index is 14.3. The molecule has 1 unspecified atom stereocenters. The molecule has 2 heterocycles. The van der Waals surface area contributed by atoms with Crippen molar-refractivity contribution < 1.29 is 9.18 Å². The van der Waals surface area contributed by atoms with Crippen molar-refractivity contribution in [3.63, 3.8) is 0 Å². The van der Waals surface area contributed by atoms with Gasteiger partial charge in [0.1, 0.15) is 17.3 Å². The first-order valence-corrected chi connectivity index (χ1v) is 14.1. The number of primary amides is 1. The predicted octanol–water partition coefficient (Wildman–Crippen LogP) is 6.97. The Labute approximate surface area is 236 Å². The number of tetrazole rings is 1. The average molecular weight is 571 g/mol. The van der Waals surface area contributed by atoms with Gasteiger partial charge in [-0.1, -0.05) is 68.3 Å². The Morgan fingerprint density at radius 2 is 1.97 bits per heavy atom. The van der Waals surface area contributed by atoms with Crippen molar-refractivity contribution in [3.8, 4) is 28.5 Å². The van der Waals surface area contributed by atoms with Crippen LogP contribution in [-0.4, -0.2) is 36.1 Å². The lowest BCUT2D eigenvalue weighted by molar-refractivity contribution is -0.119. The molecule has 3 N–H and O–H groups in total. The molecule has 204 valence electrons. The van der Waals surface area contributed by atoms with Gasteiger partial charge in [-0.05, 0) is 60.4 Å². The van der Waals surface area contributed by atoms with Crippen molar-refractivity contribution in [1.82, 2.24) is 30.2 Å². The van der Waals surface area contributed by atoms with E-state index < -0.39 is 17.6 Å².